The fourth-order valence-electron chi connectivity index (χ4n) is 1.27. The molecule has 1 N–H and O–H groups in total. The van der Waals surface area contributed by atoms with Crippen LogP contribution in [-0.4, -0.2) is 25.6 Å². The molecular formula is C10H14F3NO2. The molecule has 0 amide bonds. The van der Waals surface area contributed by atoms with Crippen LogP contribution in [0.25, 0.3) is 0 Å². The maximum absolute atomic E-state index is 11.6. The first-order valence-electron chi connectivity index (χ1n) is 4.94. The lowest BCUT2D eigenvalue weighted by Gasteiger charge is -2.13. The third kappa shape index (κ3) is 5.77. The molecule has 16 heavy (non-hydrogen) atoms. The van der Waals surface area contributed by atoms with Gasteiger partial charge in [-0.15, -0.1) is 13.2 Å². The van der Waals surface area contributed by atoms with Crippen LogP contribution in [0.1, 0.15) is 12.7 Å². The first kappa shape index (κ1) is 13.1. The minimum Gasteiger partial charge on any atom is -0.469 e. The van der Waals surface area contributed by atoms with Gasteiger partial charge in [0.2, 0.25) is 0 Å². The van der Waals surface area contributed by atoms with Gasteiger partial charge in [-0.25, -0.2) is 0 Å². The van der Waals surface area contributed by atoms with Crippen molar-refractivity contribution in [3.05, 3.63) is 24.2 Å². The van der Waals surface area contributed by atoms with E-state index in [4.69, 9.17) is 4.42 Å². The van der Waals surface area contributed by atoms with Gasteiger partial charge in [-0.1, -0.05) is 0 Å². The Hall–Kier alpha value is -1.01. The highest BCUT2D eigenvalue weighted by Crippen LogP contribution is 2.15. The Balaban J connectivity index is 2.09. The van der Waals surface area contributed by atoms with E-state index in [0.717, 1.165) is 5.76 Å². The van der Waals surface area contributed by atoms with Crippen LogP contribution in [0.3, 0.4) is 0 Å². The van der Waals surface area contributed by atoms with Crippen molar-refractivity contribution in [3.63, 3.8) is 0 Å². The molecule has 0 saturated carbocycles. The molecule has 6 heteroatoms. The predicted octanol–water partition coefficient (Wildman–Crippen LogP) is 2.34. The van der Waals surface area contributed by atoms with Gasteiger partial charge in [0.25, 0.3) is 0 Å². The Bertz CT molecular complexity index is 285. The van der Waals surface area contributed by atoms with Crippen molar-refractivity contribution < 1.29 is 22.3 Å². The van der Waals surface area contributed by atoms with Gasteiger partial charge >= 0.3 is 6.36 Å². The highest BCUT2D eigenvalue weighted by Gasteiger charge is 2.28. The maximum atomic E-state index is 11.6. The van der Waals surface area contributed by atoms with Crippen molar-refractivity contribution in [2.75, 3.05) is 13.2 Å². The summed E-state index contributed by atoms with van der Waals surface area (Å²) in [6, 6.07) is 3.64. The number of rotatable bonds is 6. The van der Waals surface area contributed by atoms with E-state index in [1.807, 2.05) is 13.0 Å². The van der Waals surface area contributed by atoms with E-state index in [9.17, 15) is 13.2 Å². The highest BCUT2D eigenvalue weighted by molar-refractivity contribution is 4.99. The second-order valence-electron chi connectivity index (χ2n) is 3.43. The number of halogens is 3. The summed E-state index contributed by atoms with van der Waals surface area (Å²) in [6.45, 7) is 1.64. The molecule has 0 bridgehead atoms. The van der Waals surface area contributed by atoms with Crippen LogP contribution in [0.2, 0.25) is 0 Å². The minimum absolute atomic E-state index is 0.0444. The third-order valence-electron chi connectivity index (χ3n) is 1.95. The summed E-state index contributed by atoms with van der Waals surface area (Å²) in [5.41, 5.74) is 0. The average Bonchev–Trinajstić information content (AvgIpc) is 2.63. The molecule has 1 rings (SSSR count). The summed E-state index contributed by atoms with van der Waals surface area (Å²) in [5.74, 6) is 0.803. The third-order valence-corrected chi connectivity index (χ3v) is 1.95. The molecule has 92 valence electrons. The molecule has 0 saturated heterocycles. The summed E-state index contributed by atoms with van der Waals surface area (Å²) in [5, 5.41) is 2.91. The zero-order valence-corrected chi connectivity index (χ0v) is 8.88. The van der Waals surface area contributed by atoms with E-state index < -0.39 is 6.36 Å². The van der Waals surface area contributed by atoms with Gasteiger partial charge in [0.15, 0.2) is 0 Å². The number of hydrogen-bond donors (Lipinski definition) is 1. The minimum atomic E-state index is -4.55. The quantitative estimate of drug-likeness (QED) is 0.771. The van der Waals surface area contributed by atoms with E-state index in [-0.39, 0.29) is 19.2 Å². The first-order valence-corrected chi connectivity index (χ1v) is 4.94. The van der Waals surface area contributed by atoms with Gasteiger partial charge in [0, 0.05) is 19.0 Å². The van der Waals surface area contributed by atoms with Crippen LogP contribution in [0, 0.1) is 0 Å². The average molecular weight is 237 g/mol. The smallest absolute Gasteiger partial charge is 0.469 e. The molecule has 1 unspecified atom stereocenters. The molecule has 1 atom stereocenters. The number of hydrogen-bond acceptors (Lipinski definition) is 3. The Morgan fingerprint density at radius 1 is 1.50 bits per heavy atom. The molecule has 1 aromatic rings. The molecule has 0 aromatic carbocycles. The molecule has 3 nitrogen and oxygen atoms in total. The first-order chi connectivity index (χ1) is 7.47. The van der Waals surface area contributed by atoms with Gasteiger partial charge < -0.3 is 9.73 Å². The fraction of sp³-hybridized carbons (Fsp3) is 0.600. The summed E-state index contributed by atoms with van der Waals surface area (Å²) >= 11 is 0. The normalized spacial score (nSPS) is 14.0. The Morgan fingerprint density at radius 3 is 2.81 bits per heavy atom. The monoisotopic (exact) mass is 237 g/mol. The van der Waals surface area contributed by atoms with Crippen LogP contribution in [0.15, 0.2) is 22.8 Å². The van der Waals surface area contributed by atoms with Gasteiger partial charge in [0.1, 0.15) is 5.76 Å². The largest absolute Gasteiger partial charge is 0.522 e. The van der Waals surface area contributed by atoms with Crippen molar-refractivity contribution in [3.8, 4) is 0 Å². The lowest BCUT2D eigenvalue weighted by molar-refractivity contribution is -0.323. The molecule has 0 aliphatic carbocycles. The Kier molecular flexibility index (Phi) is 4.82. The van der Waals surface area contributed by atoms with E-state index >= 15 is 0 Å². The van der Waals surface area contributed by atoms with E-state index in [0.29, 0.717) is 6.42 Å². The second kappa shape index (κ2) is 5.91. The number of ether oxygens (including phenoxy) is 1. The Labute approximate surface area is 91.6 Å². The van der Waals surface area contributed by atoms with E-state index in [1.165, 1.54) is 0 Å². The summed E-state index contributed by atoms with van der Waals surface area (Å²) in [6.07, 6.45) is -2.35. The molecule has 0 fully saturated rings. The lowest BCUT2D eigenvalue weighted by atomic mass is 10.2. The lowest BCUT2D eigenvalue weighted by Crippen LogP contribution is -2.32. The van der Waals surface area contributed by atoms with Crippen LogP contribution >= 0.6 is 0 Å². The van der Waals surface area contributed by atoms with E-state index in [2.05, 4.69) is 10.1 Å². The number of nitrogens with one attached hydrogen (secondary N) is 1. The van der Waals surface area contributed by atoms with Crippen LogP contribution in [0.4, 0.5) is 13.2 Å². The summed E-state index contributed by atoms with van der Waals surface area (Å²) in [7, 11) is 0. The molecule has 1 heterocycles. The molecule has 1 aromatic heterocycles. The second-order valence-corrected chi connectivity index (χ2v) is 3.43. The highest BCUT2D eigenvalue weighted by atomic mass is 19.4. The molecule has 0 aliphatic rings. The SMILES string of the molecule is CC(Cc1ccco1)NCCOC(F)(F)F. The van der Waals surface area contributed by atoms with Crippen LogP contribution in [-0.2, 0) is 11.2 Å². The molecule has 0 radical (unpaired) electrons. The molecule has 0 spiro atoms. The van der Waals surface area contributed by atoms with Crippen molar-refractivity contribution in [2.24, 2.45) is 0 Å². The molecule has 0 aliphatic heterocycles. The van der Waals surface area contributed by atoms with Gasteiger partial charge in [0.05, 0.1) is 12.9 Å². The zero-order chi connectivity index (χ0) is 12.0. The van der Waals surface area contributed by atoms with Gasteiger partial charge in [-0.2, -0.15) is 0 Å². The predicted molar refractivity (Wildman–Crippen MR) is 51.9 cm³/mol. The topological polar surface area (TPSA) is 34.4 Å². The summed E-state index contributed by atoms with van der Waals surface area (Å²) in [4.78, 5) is 0. The van der Waals surface area contributed by atoms with Gasteiger partial charge in [-0.3, -0.25) is 4.74 Å². The van der Waals surface area contributed by atoms with Crippen molar-refractivity contribution in [1.29, 1.82) is 0 Å². The standard InChI is InChI=1S/C10H14F3NO2/c1-8(7-9-3-2-5-15-9)14-4-6-16-10(11,12)13/h2-3,5,8,14H,4,6-7H2,1H3. The van der Waals surface area contributed by atoms with Crippen molar-refractivity contribution in [1.82, 2.24) is 5.32 Å². The fourth-order valence-corrected chi connectivity index (χ4v) is 1.27. The maximum Gasteiger partial charge on any atom is 0.522 e. The zero-order valence-electron chi connectivity index (χ0n) is 8.88. The van der Waals surface area contributed by atoms with Crippen molar-refractivity contribution >= 4 is 0 Å². The Morgan fingerprint density at radius 2 is 2.25 bits per heavy atom. The van der Waals surface area contributed by atoms with Crippen LogP contribution in [0.5, 0.6) is 0 Å². The summed E-state index contributed by atoms with van der Waals surface area (Å²) < 4.78 is 43.6. The van der Waals surface area contributed by atoms with Crippen molar-refractivity contribution in [2.45, 2.75) is 25.7 Å². The number of furan rings is 1. The van der Waals surface area contributed by atoms with Crippen LogP contribution < -0.4 is 5.32 Å². The molecular weight excluding hydrogens is 223 g/mol. The van der Waals surface area contributed by atoms with Gasteiger partial charge in [-0.05, 0) is 19.1 Å². The van der Waals surface area contributed by atoms with E-state index in [1.54, 1.807) is 12.3 Å². The number of alkyl halides is 3.